The van der Waals surface area contributed by atoms with E-state index in [0.717, 1.165) is 123 Å². The number of benzene rings is 25. The van der Waals surface area contributed by atoms with E-state index in [9.17, 15) is 0 Å². The topological polar surface area (TPSA) is 155 Å². The van der Waals surface area contributed by atoms with E-state index in [-0.39, 0.29) is 0 Å². The minimum absolute atomic E-state index is 0.619. The average Bonchev–Trinajstić information content (AvgIpc) is 1.57. The third-order valence-electron chi connectivity index (χ3n) is 28.3. The van der Waals surface area contributed by atoms with Crippen LogP contribution >= 0.6 is 0 Å². The Balaban J connectivity index is 0.000000102. The molecule has 0 atom stereocenters. The van der Waals surface area contributed by atoms with Gasteiger partial charge in [0.25, 0.3) is 0 Å². The van der Waals surface area contributed by atoms with Gasteiger partial charge in [0, 0.05) is 115 Å². The molecule has 0 fully saturated rings. The molecule has 0 aliphatic heterocycles. The van der Waals surface area contributed by atoms with Crippen molar-refractivity contribution in [1.82, 2.24) is 44.9 Å². The second kappa shape index (κ2) is 31.7. The number of rotatable bonds is 13. The molecule has 0 saturated heterocycles. The Morgan fingerprint density at radius 1 is 0.121 bits per heavy atom. The van der Waals surface area contributed by atoms with E-state index >= 15 is 0 Å². The van der Waals surface area contributed by atoms with Gasteiger partial charge in [0.2, 0.25) is 0 Å². The Bertz CT molecular complexity index is 10200. The lowest BCUT2D eigenvalue weighted by molar-refractivity contribution is 0.670. The van der Waals surface area contributed by atoms with Gasteiger partial charge in [-0.1, -0.05) is 394 Å². The molecule has 0 aliphatic rings. The average molecular weight is 1800 g/mol. The smallest absolute Gasteiger partial charge is 0.164 e. The molecule has 12 heteroatoms. The van der Waals surface area contributed by atoms with Gasteiger partial charge in [-0.2, -0.15) is 0 Å². The van der Waals surface area contributed by atoms with Crippen molar-refractivity contribution in [3.63, 3.8) is 0 Å². The minimum atomic E-state index is 0.619. The third-order valence-corrected chi connectivity index (χ3v) is 28.3. The Morgan fingerprint density at radius 2 is 0.326 bits per heavy atom. The van der Waals surface area contributed by atoms with Crippen LogP contribution in [0.4, 0.5) is 0 Å². The van der Waals surface area contributed by atoms with Crippen molar-refractivity contribution in [1.29, 1.82) is 0 Å². The van der Waals surface area contributed by atoms with Crippen LogP contribution in [0, 0.1) is 0 Å². The van der Waals surface area contributed by atoms with E-state index in [2.05, 4.69) is 285 Å². The summed E-state index contributed by atoms with van der Waals surface area (Å²) in [6.07, 6.45) is 0. The van der Waals surface area contributed by atoms with Crippen LogP contribution in [0.2, 0.25) is 0 Å². The fourth-order valence-corrected chi connectivity index (χ4v) is 21.9. The molecule has 25 aromatic carbocycles. The highest BCUT2D eigenvalue weighted by Gasteiger charge is 2.30. The fraction of sp³-hybridized carbons (Fsp3) is 0. The molecule has 0 saturated carbocycles. The maximum Gasteiger partial charge on any atom is 0.164 e. The van der Waals surface area contributed by atoms with Crippen molar-refractivity contribution in [2.75, 3.05) is 0 Å². The lowest BCUT2D eigenvalue weighted by atomic mass is 9.87. The third kappa shape index (κ3) is 12.9. The Hall–Kier alpha value is -19.2. The molecule has 6 heterocycles. The molecule has 0 amide bonds. The highest BCUT2D eigenvalue weighted by atomic mass is 16.3. The molecule has 0 N–H and O–H groups in total. The second-order valence-corrected chi connectivity index (χ2v) is 36.4. The summed E-state index contributed by atoms with van der Waals surface area (Å²) in [6, 6.07) is 154. The maximum absolute atomic E-state index is 6.77. The van der Waals surface area contributed by atoms with Crippen LogP contribution < -0.4 is 0 Å². The largest absolute Gasteiger partial charge is 0.455 e. The first-order valence-corrected chi connectivity index (χ1v) is 47.4. The first kappa shape index (κ1) is 79.2. The van der Waals surface area contributed by atoms with Crippen LogP contribution in [0.3, 0.4) is 0 Å². The molecular formula is C129H73N9O3. The predicted molar refractivity (Wildman–Crippen MR) is 577 cm³/mol. The molecule has 6 aromatic heterocycles. The van der Waals surface area contributed by atoms with Crippen molar-refractivity contribution >= 4 is 163 Å². The summed E-state index contributed by atoms with van der Waals surface area (Å²) in [5, 5.41) is 29.8. The van der Waals surface area contributed by atoms with Crippen molar-refractivity contribution in [3.05, 3.63) is 443 Å². The van der Waals surface area contributed by atoms with Gasteiger partial charge >= 0.3 is 0 Å². The zero-order valence-corrected chi connectivity index (χ0v) is 75.4. The predicted octanol–water partition coefficient (Wildman–Crippen LogP) is 34.0. The lowest BCUT2D eigenvalue weighted by Gasteiger charge is -2.15. The number of aromatic nitrogens is 9. The number of hydrogen-bond acceptors (Lipinski definition) is 12. The van der Waals surface area contributed by atoms with Crippen LogP contribution in [-0.4, -0.2) is 44.9 Å². The van der Waals surface area contributed by atoms with Gasteiger partial charge in [-0.15, -0.1) is 0 Å². The first-order valence-electron chi connectivity index (χ1n) is 47.4. The summed E-state index contributed by atoms with van der Waals surface area (Å²) in [4.78, 5) is 44.6. The van der Waals surface area contributed by atoms with Gasteiger partial charge in [-0.05, 0) is 157 Å². The second-order valence-electron chi connectivity index (χ2n) is 36.4. The lowest BCUT2D eigenvalue weighted by Crippen LogP contribution is -2.00. The quantitative estimate of drug-likeness (QED) is 0.0797. The van der Waals surface area contributed by atoms with E-state index < -0.39 is 0 Å². The van der Waals surface area contributed by atoms with E-state index in [1.54, 1.807) is 0 Å². The number of hydrogen-bond donors (Lipinski definition) is 0. The Morgan fingerprint density at radius 3 is 0.624 bits per heavy atom. The molecule has 0 unspecified atom stereocenters. The fourth-order valence-electron chi connectivity index (χ4n) is 21.9. The number of furan rings is 3. The molecule has 12 nitrogen and oxygen atoms in total. The van der Waals surface area contributed by atoms with Crippen molar-refractivity contribution < 1.29 is 13.3 Å². The van der Waals surface area contributed by atoms with Crippen LogP contribution in [0.15, 0.2) is 456 Å². The number of fused-ring (bicyclic) bond motifs is 3. The van der Waals surface area contributed by atoms with E-state index in [1.165, 1.54) is 135 Å². The van der Waals surface area contributed by atoms with Crippen molar-refractivity contribution in [3.8, 4) is 147 Å². The van der Waals surface area contributed by atoms with Crippen LogP contribution in [0.1, 0.15) is 0 Å². The number of nitrogens with zero attached hydrogens (tertiary/aromatic N) is 9. The summed E-state index contributed by atoms with van der Waals surface area (Å²) in [6.45, 7) is 0. The Labute approximate surface area is 805 Å². The monoisotopic (exact) mass is 1800 g/mol. The molecule has 0 spiro atoms. The molecule has 141 heavy (non-hydrogen) atoms. The summed E-state index contributed by atoms with van der Waals surface area (Å²) < 4.78 is 20.2. The molecule has 0 radical (unpaired) electrons. The minimum Gasteiger partial charge on any atom is -0.455 e. The molecule has 31 rings (SSSR count). The van der Waals surface area contributed by atoms with Crippen LogP contribution in [-0.2, 0) is 0 Å². The van der Waals surface area contributed by atoms with Crippen LogP contribution in [0.25, 0.3) is 310 Å². The molecule has 652 valence electrons. The van der Waals surface area contributed by atoms with Crippen molar-refractivity contribution in [2.45, 2.75) is 0 Å². The summed E-state index contributed by atoms with van der Waals surface area (Å²) in [7, 11) is 0. The van der Waals surface area contributed by atoms with Gasteiger partial charge < -0.3 is 13.3 Å². The normalized spacial score (nSPS) is 12.0. The highest BCUT2D eigenvalue weighted by Crippen LogP contribution is 2.54. The summed E-state index contributed by atoms with van der Waals surface area (Å²) in [5.74, 6) is 5.75. The standard InChI is InChI=1S/C47H27N3O.2C41H23N3O/c1-3-10-28(11-4-1)29-20-23-32(24-21-29)46-48-45(31-12-5-2-6-13-31)49-47(50-46)35-16-7-15-33(26-35)38-27-34-25-22-30-14-8-17-36-37-18-9-19-39-42(37)43(44(38)51-39)41(34)40(30)36;1-3-10-25(11-4-1)39-42-40(26-12-5-2-6-13-26)44-41(43-39)29-16-7-15-27(22-29)32-23-28-21-20-24-14-8-17-30-31-18-9-19-33-36(31)37(38(32)45-33)35(28)34(24)30;1-3-9-26(10-4-1)39-42-40(27-11-5-2-6-12-27)44-41(43-39)28-20-17-24(18-21-28)32-23-29-22-19-25-13-7-14-30-31-15-8-16-33-36(31)37(38(32)45-33)35(29)34(25)30/h1-27H;2*1-23H. The maximum atomic E-state index is 6.77. The zero-order chi connectivity index (χ0) is 92.4. The SMILES string of the molecule is c1ccc(-c2ccc(-c3nc(-c4ccccc4)nc(-c4cccc(-c5cc6ccc7cccc8c9cccc%10oc5c(c%109)c6c78)c4)n3)cc2)cc1.c1ccc(-c2nc(-c3ccccc3)nc(-c3ccc(-c4cc5ccc6cccc7c8cccc9oc4c(c98)c5c67)cc3)n2)cc1.c1ccc(-c2nc(-c3ccccc3)nc(-c3cccc(-c4cc5ccc6cccc7c8cccc9oc4c(c98)c5c67)c3)n2)cc1. The molecular weight excluding hydrogens is 1720 g/mol. The molecule has 0 aliphatic carbocycles. The Kier molecular flexibility index (Phi) is 17.8. The van der Waals surface area contributed by atoms with Gasteiger partial charge in [-0.3, -0.25) is 0 Å². The van der Waals surface area contributed by atoms with Gasteiger partial charge in [0.1, 0.15) is 33.5 Å². The van der Waals surface area contributed by atoms with Gasteiger partial charge in [-0.25, -0.2) is 44.9 Å². The van der Waals surface area contributed by atoms with Crippen LogP contribution in [0.5, 0.6) is 0 Å². The van der Waals surface area contributed by atoms with E-state index in [1.807, 2.05) is 158 Å². The van der Waals surface area contributed by atoms with E-state index in [0.29, 0.717) is 52.4 Å². The summed E-state index contributed by atoms with van der Waals surface area (Å²) in [5.41, 5.74) is 22.6. The summed E-state index contributed by atoms with van der Waals surface area (Å²) >= 11 is 0. The van der Waals surface area contributed by atoms with Gasteiger partial charge in [0.15, 0.2) is 52.4 Å². The van der Waals surface area contributed by atoms with Gasteiger partial charge in [0.05, 0.1) is 0 Å². The zero-order valence-electron chi connectivity index (χ0n) is 75.4. The molecule has 31 aromatic rings. The highest BCUT2D eigenvalue weighted by molar-refractivity contribution is 6.43. The van der Waals surface area contributed by atoms with Crippen molar-refractivity contribution in [2.24, 2.45) is 0 Å². The first-order chi connectivity index (χ1) is 69.9. The molecule has 0 bridgehead atoms. The van der Waals surface area contributed by atoms with E-state index in [4.69, 9.17) is 58.1 Å².